The number of aryl methyl sites for hydroxylation is 1. The Balaban J connectivity index is 1.54. The lowest BCUT2D eigenvalue weighted by atomic mass is 10.2. The number of anilines is 1. The highest BCUT2D eigenvalue weighted by Gasteiger charge is 2.16. The van der Waals surface area contributed by atoms with E-state index in [0.29, 0.717) is 32.7 Å². The van der Waals surface area contributed by atoms with Gasteiger partial charge in [-0.25, -0.2) is 4.98 Å². The Morgan fingerprint density at radius 3 is 2.91 bits per heavy atom. The summed E-state index contributed by atoms with van der Waals surface area (Å²) >= 11 is 0. The van der Waals surface area contributed by atoms with Gasteiger partial charge in [-0.2, -0.15) is 5.10 Å². The zero-order chi connectivity index (χ0) is 15.9. The fourth-order valence-corrected chi connectivity index (χ4v) is 2.56. The summed E-state index contributed by atoms with van der Waals surface area (Å²) in [4.78, 5) is 18.7. The third kappa shape index (κ3) is 4.29. The predicted molar refractivity (Wildman–Crippen MR) is 86.0 cm³/mol. The van der Waals surface area contributed by atoms with Crippen LogP contribution in [0.15, 0.2) is 36.8 Å². The minimum atomic E-state index is 0.0114. The van der Waals surface area contributed by atoms with E-state index in [1.54, 1.807) is 17.1 Å². The molecule has 23 heavy (non-hydrogen) atoms. The number of aromatic nitrogens is 3. The molecule has 0 saturated carbocycles. The average molecular weight is 315 g/mol. The lowest BCUT2D eigenvalue weighted by Gasteiger charge is -2.29. The summed E-state index contributed by atoms with van der Waals surface area (Å²) in [6.07, 6.45) is 5.76. The topological polar surface area (TPSA) is 72.3 Å². The van der Waals surface area contributed by atoms with Gasteiger partial charge >= 0.3 is 0 Å². The normalized spacial score (nSPS) is 14.7. The molecule has 3 heterocycles. The van der Waals surface area contributed by atoms with Gasteiger partial charge in [0.2, 0.25) is 5.91 Å². The smallest absolute Gasteiger partial charge is 0.222 e. The van der Waals surface area contributed by atoms with E-state index >= 15 is 0 Å². The van der Waals surface area contributed by atoms with Crippen LogP contribution in [-0.4, -0.2) is 47.0 Å². The van der Waals surface area contributed by atoms with E-state index in [4.69, 9.17) is 4.74 Å². The fourth-order valence-electron chi connectivity index (χ4n) is 2.56. The maximum absolute atomic E-state index is 12.0. The number of hydrogen-bond donors (Lipinski definition) is 1. The van der Waals surface area contributed by atoms with Crippen LogP contribution in [0.1, 0.15) is 12.0 Å². The van der Waals surface area contributed by atoms with Gasteiger partial charge in [-0.05, 0) is 12.1 Å². The molecule has 0 unspecified atom stereocenters. The highest BCUT2D eigenvalue weighted by atomic mass is 16.5. The molecule has 3 rings (SSSR count). The maximum Gasteiger partial charge on any atom is 0.222 e. The molecule has 1 aliphatic heterocycles. The number of ether oxygens (including phenoxy) is 1. The van der Waals surface area contributed by atoms with Crippen molar-refractivity contribution in [1.82, 2.24) is 20.1 Å². The van der Waals surface area contributed by atoms with Crippen molar-refractivity contribution >= 4 is 11.7 Å². The first kappa shape index (κ1) is 15.5. The standard InChI is InChI=1S/C16H21N5O2/c22-15(4-8-21-7-2-6-19-21)18-13-14-3-1-5-17-16(14)20-9-11-23-12-10-20/h1-3,5-7H,4,8-13H2,(H,18,22). The van der Waals surface area contributed by atoms with Gasteiger partial charge in [-0.15, -0.1) is 0 Å². The molecule has 1 fully saturated rings. The first-order chi connectivity index (χ1) is 11.3. The van der Waals surface area contributed by atoms with E-state index < -0.39 is 0 Å². The van der Waals surface area contributed by atoms with Crippen LogP contribution in [0.2, 0.25) is 0 Å². The Morgan fingerprint density at radius 2 is 2.13 bits per heavy atom. The van der Waals surface area contributed by atoms with Crippen LogP contribution >= 0.6 is 0 Å². The first-order valence-electron chi connectivity index (χ1n) is 7.83. The Morgan fingerprint density at radius 1 is 1.26 bits per heavy atom. The van der Waals surface area contributed by atoms with E-state index in [-0.39, 0.29) is 5.91 Å². The molecule has 2 aromatic rings. The summed E-state index contributed by atoms with van der Waals surface area (Å²) in [6.45, 7) is 4.16. The van der Waals surface area contributed by atoms with Gasteiger partial charge in [0.1, 0.15) is 5.82 Å². The van der Waals surface area contributed by atoms with E-state index in [9.17, 15) is 4.79 Å². The van der Waals surface area contributed by atoms with Crippen molar-refractivity contribution in [3.63, 3.8) is 0 Å². The van der Waals surface area contributed by atoms with Crippen LogP contribution in [0.5, 0.6) is 0 Å². The molecular formula is C16H21N5O2. The second-order valence-electron chi connectivity index (χ2n) is 5.38. The molecule has 0 aromatic carbocycles. The quantitative estimate of drug-likeness (QED) is 0.854. The van der Waals surface area contributed by atoms with Crippen molar-refractivity contribution in [3.8, 4) is 0 Å². The van der Waals surface area contributed by atoms with E-state index in [0.717, 1.165) is 24.5 Å². The zero-order valence-corrected chi connectivity index (χ0v) is 13.0. The Hall–Kier alpha value is -2.41. The van der Waals surface area contributed by atoms with Crippen LogP contribution in [-0.2, 0) is 22.6 Å². The summed E-state index contributed by atoms with van der Waals surface area (Å²) < 4.78 is 7.13. The number of amides is 1. The summed E-state index contributed by atoms with van der Waals surface area (Å²) in [5.41, 5.74) is 1.03. The number of nitrogens with one attached hydrogen (secondary N) is 1. The highest BCUT2D eigenvalue weighted by molar-refractivity contribution is 5.76. The number of nitrogens with zero attached hydrogens (tertiary/aromatic N) is 4. The molecule has 122 valence electrons. The Bertz CT molecular complexity index is 623. The molecule has 1 N–H and O–H groups in total. The lowest BCUT2D eigenvalue weighted by molar-refractivity contribution is -0.121. The number of carbonyl (C=O) groups is 1. The molecule has 1 amide bonds. The van der Waals surface area contributed by atoms with Crippen LogP contribution < -0.4 is 10.2 Å². The van der Waals surface area contributed by atoms with Gasteiger partial charge in [0.15, 0.2) is 0 Å². The minimum absolute atomic E-state index is 0.0114. The van der Waals surface area contributed by atoms with Crippen molar-refractivity contribution < 1.29 is 9.53 Å². The number of morpholine rings is 1. The summed E-state index contributed by atoms with van der Waals surface area (Å²) in [6, 6.07) is 5.75. The largest absolute Gasteiger partial charge is 0.378 e. The van der Waals surface area contributed by atoms with Gasteiger partial charge in [-0.3, -0.25) is 9.48 Å². The molecule has 7 nitrogen and oxygen atoms in total. The van der Waals surface area contributed by atoms with Crippen molar-refractivity contribution in [2.45, 2.75) is 19.5 Å². The summed E-state index contributed by atoms with van der Waals surface area (Å²) in [5, 5.41) is 7.05. The molecule has 2 aromatic heterocycles. The number of pyridine rings is 1. The molecule has 0 radical (unpaired) electrons. The lowest BCUT2D eigenvalue weighted by Crippen LogP contribution is -2.37. The molecule has 0 bridgehead atoms. The monoisotopic (exact) mass is 315 g/mol. The van der Waals surface area contributed by atoms with E-state index in [1.165, 1.54) is 0 Å². The Labute approximate surface area is 135 Å². The Kier molecular flexibility index (Phi) is 5.21. The van der Waals surface area contributed by atoms with E-state index in [1.807, 2.05) is 24.4 Å². The summed E-state index contributed by atoms with van der Waals surface area (Å²) in [7, 11) is 0. The van der Waals surface area contributed by atoms with Crippen LogP contribution in [0, 0.1) is 0 Å². The van der Waals surface area contributed by atoms with Crippen molar-refractivity contribution in [3.05, 3.63) is 42.4 Å². The van der Waals surface area contributed by atoms with E-state index in [2.05, 4.69) is 20.3 Å². The SMILES string of the molecule is O=C(CCn1cccn1)NCc1cccnc1N1CCOCC1. The third-order valence-electron chi connectivity index (χ3n) is 3.78. The number of carbonyl (C=O) groups excluding carboxylic acids is 1. The van der Waals surface area contributed by atoms with Crippen molar-refractivity contribution in [2.24, 2.45) is 0 Å². The third-order valence-corrected chi connectivity index (χ3v) is 3.78. The van der Waals surface area contributed by atoms with Crippen molar-refractivity contribution in [2.75, 3.05) is 31.2 Å². The average Bonchev–Trinajstić information content (AvgIpc) is 3.13. The highest BCUT2D eigenvalue weighted by Crippen LogP contribution is 2.18. The zero-order valence-electron chi connectivity index (χ0n) is 13.0. The molecule has 1 saturated heterocycles. The van der Waals surface area contributed by atoms with Crippen molar-refractivity contribution in [1.29, 1.82) is 0 Å². The maximum atomic E-state index is 12.0. The molecule has 0 atom stereocenters. The molecule has 0 spiro atoms. The minimum Gasteiger partial charge on any atom is -0.378 e. The molecule has 0 aliphatic carbocycles. The van der Waals surface area contributed by atoms with Crippen LogP contribution in [0.4, 0.5) is 5.82 Å². The predicted octanol–water partition coefficient (Wildman–Crippen LogP) is 0.821. The van der Waals surface area contributed by atoms with Gasteiger partial charge in [0.25, 0.3) is 0 Å². The first-order valence-corrected chi connectivity index (χ1v) is 7.83. The summed E-state index contributed by atoms with van der Waals surface area (Å²) in [5.74, 6) is 0.945. The van der Waals surface area contributed by atoms with Gasteiger partial charge in [0.05, 0.1) is 13.2 Å². The number of rotatable bonds is 6. The van der Waals surface area contributed by atoms with Gasteiger partial charge in [0, 0.05) is 56.8 Å². The number of hydrogen-bond acceptors (Lipinski definition) is 5. The van der Waals surface area contributed by atoms with Gasteiger partial charge < -0.3 is 15.0 Å². The fraction of sp³-hybridized carbons (Fsp3) is 0.438. The molecule has 1 aliphatic rings. The van der Waals surface area contributed by atoms with Gasteiger partial charge in [-0.1, -0.05) is 6.07 Å². The second kappa shape index (κ2) is 7.73. The van der Waals surface area contributed by atoms with Crippen LogP contribution in [0.25, 0.3) is 0 Å². The second-order valence-corrected chi connectivity index (χ2v) is 5.38. The molecular weight excluding hydrogens is 294 g/mol. The molecule has 7 heteroatoms. The van der Waals surface area contributed by atoms with Crippen LogP contribution in [0.3, 0.4) is 0 Å².